The normalized spacial score (nSPS) is 10.3. The lowest BCUT2D eigenvalue weighted by molar-refractivity contribution is -0.140. The van der Waals surface area contributed by atoms with Crippen molar-refractivity contribution >= 4 is 5.97 Å². The molecule has 0 saturated carbocycles. The largest absolute Gasteiger partial charge is 0.507 e. The van der Waals surface area contributed by atoms with Crippen LogP contribution in [0.15, 0.2) is 24.8 Å². The van der Waals surface area contributed by atoms with Crippen molar-refractivity contribution < 1.29 is 19.4 Å². The van der Waals surface area contributed by atoms with Crippen LogP contribution in [0.2, 0.25) is 0 Å². The third kappa shape index (κ3) is 3.69. The molecule has 0 unspecified atom stereocenters. The highest BCUT2D eigenvalue weighted by molar-refractivity contribution is 5.69. The van der Waals surface area contributed by atoms with E-state index in [0.29, 0.717) is 42.1 Å². The zero-order valence-corrected chi connectivity index (χ0v) is 12.4. The number of rotatable bonds is 6. The van der Waals surface area contributed by atoms with Crippen molar-refractivity contribution in [3.05, 3.63) is 30.4 Å². The highest BCUT2D eigenvalue weighted by atomic mass is 16.5. The number of hydrogen-bond donors (Lipinski definition) is 1. The molecule has 7 heteroatoms. The summed E-state index contributed by atoms with van der Waals surface area (Å²) in [4.78, 5) is 22.8. The Morgan fingerprint density at radius 3 is 2.68 bits per heavy atom. The minimum atomic E-state index is -0.270. The van der Waals surface area contributed by atoms with Crippen LogP contribution in [0.4, 0.5) is 0 Å². The number of carbonyl (C=O) groups is 1. The number of benzene rings is 1. The van der Waals surface area contributed by atoms with E-state index in [0.717, 1.165) is 0 Å². The Kier molecular flexibility index (Phi) is 5.24. The van der Waals surface area contributed by atoms with Crippen LogP contribution >= 0.6 is 0 Å². The molecular weight excluding hydrogens is 286 g/mol. The minimum absolute atomic E-state index is 0.0664. The first-order chi connectivity index (χ1) is 10.6. The molecule has 0 spiro atoms. The van der Waals surface area contributed by atoms with E-state index in [2.05, 4.69) is 19.7 Å². The van der Waals surface area contributed by atoms with Gasteiger partial charge in [-0.2, -0.15) is 0 Å². The zero-order chi connectivity index (χ0) is 15.9. The number of hydrogen-bond acceptors (Lipinski definition) is 7. The molecule has 2 rings (SSSR count). The zero-order valence-electron chi connectivity index (χ0n) is 12.4. The molecule has 0 bridgehead atoms. The van der Waals surface area contributed by atoms with Crippen molar-refractivity contribution in [3.63, 3.8) is 0 Å². The summed E-state index contributed by atoms with van der Waals surface area (Å²) < 4.78 is 10.1. The van der Waals surface area contributed by atoms with E-state index in [1.54, 1.807) is 19.1 Å². The summed E-state index contributed by atoms with van der Waals surface area (Å²) in [6.07, 6.45) is 3.58. The number of esters is 1. The fraction of sp³-hybridized carbons (Fsp3) is 0.333. The molecule has 0 aliphatic rings. The predicted octanol–water partition coefficient (Wildman–Crippen LogP) is 1.88. The van der Waals surface area contributed by atoms with Crippen LogP contribution in [0.1, 0.15) is 18.4 Å². The standard InChI is InChI=1S/C15H17N3O4/c1-10-12(22-7-3-4-13(19)21-2)6-5-11(14(10)20)15-17-8-16-9-18-15/h5-6,8-9,20H,3-4,7H2,1-2H3. The second-order valence-corrected chi connectivity index (χ2v) is 4.57. The number of aromatic hydroxyl groups is 1. The molecule has 1 heterocycles. The maximum Gasteiger partial charge on any atom is 0.305 e. The Morgan fingerprint density at radius 2 is 2.00 bits per heavy atom. The molecule has 0 radical (unpaired) electrons. The van der Waals surface area contributed by atoms with Crippen LogP contribution in [-0.4, -0.2) is 39.7 Å². The SMILES string of the molecule is COC(=O)CCCOc1ccc(-c2ncncn2)c(O)c1C. The molecule has 2 aromatic rings. The Morgan fingerprint density at radius 1 is 1.27 bits per heavy atom. The number of carbonyl (C=O) groups excluding carboxylic acids is 1. The van der Waals surface area contributed by atoms with Crippen LogP contribution in [0.25, 0.3) is 11.4 Å². The van der Waals surface area contributed by atoms with Crippen LogP contribution in [0.3, 0.4) is 0 Å². The second-order valence-electron chi connectivity index (χ2n) is 4.57. The number of methoxy groups -OCH3 is 1. The number of ether oxygens (including phenoxy) is 2. The molecule has 0 fully saturated rings. The van der Waals surface area contributed by atoms with Crippen molar-refractivity contribution in [1.82, 2.24) is 15.0 Å². The third-order valence-corrected chi connectivity index (χ3v) is 3.13. The predicted molar refractivity (Wildman–Crippen MR) is 78.4 cm³/mol. The Balaban J connectivity index is 2.06. The van der Waals surface area contributed by atoms with Gasteiger partial charge in [-0.15, -0.1) is 0 Å². The Bertz CT molecular complexity index is 647. The van der Waals surface area contributed by atoms with Crippen molar-refractivity contribution in [2.24, 2.45) is 0 Å². The fourth-order valence-corrected chi connectivity index (χ4v) is 1.90. The first-order valence-corrected chi connectivity index (χ1v) is 6.78. The lowest BCUT2D eigenvalue weighted by atomic mass is 10.1. The molecule has 0 aliphatic carbocycles. The number of nitrogens with zero attached hydrogens (tertiary/aromatic N) is 3. The van der Waals surface area contributed by atoms with Crippen LogP contribution < -0.4 is 4.74 Å². The maximum atomic E-state index is 11.0. The summed E-state index contributed by atoms with van der Waals surface area (Å²) in [5, 5.41) is 10.3. The van der Waals surface area contributed by atoms with Crippen molar-refractivity contribution in [2.45, 2.75) is 19.8 Å². The lowest BCUT2D eigenvalue weighted by Gasteiger charge is -2.12. The molecule has 0 amide bonds. The topological polar surface area (TPSA) is 94.4 Å². The summed E-state index contributed by atoms with van der Waals surface area (Å²) >= 11 is 0. The third-order valence-electron chi connectivity index (χ3n) is 3.13. The van der Waals surface area contributed by atoms with Gasteiger partial charge in [0.15, 0.2) is 5.82 Å². The highest BCUT2D eigenvalue weighted by Gasteiger charge is 2.13. The van der Waals surface area contributed by atoms with Gasteiger partial charge in [-0.05, 0) is 25.5 Å². The van der Waals surface area contributed by atoms with Crippen LogP contribution in [-0.2, 0) is 9.53 Å². The summed E-state index contributed by atoms with van der Waals surface area (Å²) in [6, 6.07) is 3.43. The van der Waals surface area contributed by atoms with Gasteiger partial charge in [0.25, 0.3) is 0 Å². The molecule has 22 heavy (non-hydrogen) atoms. The van der Waals surface area contributed by atoms with Gasteiger partial charge in [0.05, 0.1) is 19.3 Å². The van der Waals surface area contributed by atoms with Crippen molar-refractivity contribution in [3.8, 4) is 22.9 Å². The summed E-state index contributed by atoms with van der Waals surface area (Å²) in [5.74, 6) is 0.748. The lowest BCUT2D eigenvalue weighted by Crippen LogP contribution is -2.05. The Labute approximate surface area is 128 Å². The van der Waals surface area contributed by atoms with E-state index in [-0.39, 0.29) is 11.7 Å². The van der Waals surface area contributed by atoms with Crippen LogP contribution in [0, 0.1) is 6.92 Å². The number of phenols is 1. The van der Waals surface area contributed by atoms with E-state index < -0.39 is 0 Å². The van der Waals surface area contributed by atoms with E-state index in [1.807, 2.05) is 0 Å². The van der Waals surface area contributed by atoms with E-state index in [4.69, 9.17) is 4.74 Å². The van der Waals surface area contributed by atoms with Gasteiger partial charge < -0.3 is 14.6 Å². The quantitative estimate of drug-likeness (QED) is 0.643. The molecule has 0 atom stereocenters. The number of phenolic OH excluding ortho intramolecular Hbond substituents is 1. The van der Waals surface area contributed by atoms with E-state index >= 15 is 0 Å². The highest BCUT2D eigenvalue weighted by Crippen LogP contribution is 2.35. The molecule has 1 aromatic carbocycles. The van der Waals surface area contributed by atoms with Crippen LogP contribution in [0.5, 0.6) is 11.5 Å². The molecule has 1 aromatic heterocycles. The van der Waals surface area contributed by atoms with Gasteiger partial charge in [0.2, 0.25) is 0 Å². The van der Waals surface area contributed by atoms with Gasteiger partial charge in [-0.1, -0.05) is 0 Å². The average molecular weight is 303 g/mol. The smallest absolute Gasteiger partial charge is 0.305 e. The van der Waals surface area contributed by atoms with Gasteiger partial charge in [0.1, 0.15) is 24.2 Å². The Hall–Kier alpha value is -2.70. The molecular formula is C15H17N3O4. The molecule has 1 N–H and O–H groups in total. The monoisotopic (exact) mass is 303 g/mol. The fourth-order valence-electron chi connectivity index (χ4n) is 1.90. The average Bonchev–Trinajstić information content (AvgIpc) is 2.55. The van der Waals surface area contributed by atoms with Gasteiger partial charge in [-0.3, -0.25) is 4.79 Å². The van der Waals surface area contributed by atoms with E-state index in [1.165, 1.54) is 19.8 Å². The molecule has 7 nitrogen and oxygen atoms in total. The summed E-state index contributed by atoms with van der Waals surface area (Å²) in [7, 11) is 1.35. The van der Waals surface area contributed by atoms with Gasteiger partial charge >= 0.3 is 5.97 Å². The minimum Gasteiger partial charge on any atom is -0.507 e. The van der Waals surface area contributed by atoms with Crippen molar-refractivity contribution in [2.75, 3.05) is 13.7 Å². The molecule has 0 saturated heterocycles. The summed E-state index contributed by atoms with van der Waals surface area (Å²) in [6.45, 7) is 2.11. The second kappa shape index (κ2) is 7.35. The molecule has 0 aliphatic heterocycles. The number of aromatic nitrogens is 3. The maximum absolute atomic E-state index is 11.0. The molecule has 116 valence electrons. The van der Waals surface area contributed by atoms with Gasteiger partial charge in [-0.25, -0.2) is 15.0 Å². The first kappa shape index (κ1) is 15.7. The van der Waals surface area contributed by atoms with Gasteiger partial charge in [0, 0.05) is 12.0 Å². The first-order valence-electron chi connectivity index (χ1n) is 6.78. The summed E-state index contributed by atoms with van der Waals surface area (Å²) in [5.41, 5.74) is 1.11. The van der Waals surface area contributed by atoms with Crippen molar-refractivity contribution in [1.29, 1.82) is 0 Å². The van der Waals surface area contributed by atoms with E-state index in [9.17, 15) is 9.90 Å².